The fourth-order valence-electron chi connectivity index (χ4n) is 1.99. The highest BCUT2D eigenvalue weighted by Crippen LogP contribution is 2.19. The molecule has 0 saturated carbocycles. The highest BCUT2D eigenvalue weighted by Gasteiger charge is 2.24. The van der Waals surface area contributed by atoms with Crippen molar-refractivity contribution >= 4 is 29.0 Å². The molecule has 0 aliphatic rings. The summed E-state index contributed by atoms with van der Waals surface area (Å²) in [4.78, 5) is 25.1. The molecule has 24 heavy (non-hydrogen) atoms. The molecule has 0 heterocycles. The summed E-state index contributed by atoms with van der Waals surface area (Å²) in [5, 5.41) is 20.5. The van der Waals surface area contributed by atoms with E-state index >= 15 is 0 Å². The van der Waals surface area contributed by atoms with E-state index in [0.29, 0.717) is 6.42 Å². The van der Waals surface area contributed by atoms with Gasteiger partial charge in [-0.2, -0.15) is 0 Å². The molecule has 0 fully saturated rings. The van der Waals surface area contributed by atoms with E-state index < -0.39 is 11.8 Å². The van der Waals surface area contributed by atoms with E-state index in [-0.39, 0.29) is 27.6 Å². The van der Waals surface area contributed by atoms with Crippen LogP contribution < -0.4 is 5.43 Å². The Balaban J connectivity index is 2.31. The Kier molecular flexibility index (Phi) is 5.49. The number of hydrogen-bond donors (Lipinski definition) is 3. The smallest absolute Gasteiger partial charge is 0.281 e. The molecule has 0 atom stereocenters. The van der Waals surface area contributed by atoms with Crippen molar-refractivity contribution in [3.63, 3.8) is 0 Å². The summed E-state index contributed by atoms with van der Waals surface area (Å²) < 4.78 is 0. The lowest BCUT2D eigenvalue weighted by Gasteiger charge is -2.23. The lowest BCUT2D eigenvalue weighted by Crippen LogP contribution is -2.49. The summed E-state index contributed by atoms with van der Waals surface area (Å²) in [6.07, 6.45) is 0.329. The molecule has 2 aromatic rings. The Morgan fingerprint density at radius 3 is 2.00 bits per heavy atom. The highest BCUT2D eigenvalue weighted by atomic mass is 32.1. The lowest BCUT2D eigenvalue weighted by molar-refractivity contribution is 0.0703. The number of hydrogen-bond acceptors (Lipinski definition) is 5. The monoisotopic (exact) mass is 344 g/mol. The summed E-state index contributed by atoms with van der Waals surface area (Å²) in [6, 6.07) is 11.9. The number of thiocarbonyl (C=S) groups is 1. The van der Waals surface area contributed by atoms with Gasteiger partial charge in [-0.15, -0.1) is 0 Å². The topological polar surface area (TPSA) is 89.9 Å². The first-order chi connectivity index (χ1) is 11.5. The summed E-state index contributed by atoms with van der Waals surface area (Å²) in [5.41, 5.74) is 2.39. The molecule has 0 aromatic heterocycles. The molecule has 2 amide bonds. The number of para-hydroxylation sites is 2. The number of phenols is 2. The van der Waals surface area contributed by atoms with Crippen LogP contribution in [0.4, 0.5) is 0 Å². The van der Waals surface area contributed by atoms with Gasteiger partial charge in [-0.05, 0) is 30.7 Å². The molecule has 2 rings (SSSR count). The predicted molar refractivity (Wildman–Crippen MR) is 92.7 cm³/mol. The lowest BCUT2D eigenvalue weighted by atomic mass is 10.1. The Morgan fingerprint density at radius 2 is 1.50 bits per heavy atom. The van der Waals surface area contributed by atoms with Crippen molar-refractivity contribution in [3.8, 4) is 11.5 Å². The number of nitrogens with one attached hydrogen (secondary N) is 1. The fraction of sp³-hybridized carbons (Fsp3) is 0.118. The van der Waals surface area contributed by atoms with Crippen LogP contribution in [0, 0.1) is 0 Å². The molecule has 0 saturated heterocycles. The zero-order valence-corrected chi connectivity index (χ0v) is 13.7. The zero-order chi connectivity index (χ0) is 17.7. The van der Waals surface area contributed by atoms with Crippen LogP contribution in [0.15, 0.2) is 48.5 Å². The molecule has 0 aliphatic carbocycles. The van der Waals surface area contributed by atoms with E-state index in [2.05, 4.69) is 5.43 Å². The van der Waals surface area contributed by atoms with Gasteiger partial charge < -0.3 is 10.2 Å². The molecular formula is C17H16N2O4S. The van der Waals surface area contributed by atoms with Crippen molar-refractivity contribution in [3.05, 3.63) is 59.7 Å². The number of rotatable bonds is 3. The number of benzene rings is 2. The minimum Gasteiger partial charge on any atom is -0.507 e. The molecule has 0 spiro atoms. The van der Waals surface area contributed by atoms with Crippen LogP contribution in [0.1, 0.15) is 34.1 Å². The molecular weight excluding hydrogens is 328 g/mol. The second-order valence-corrected chi connectivity index (χ2v) is 5.33. The van der Waals surface area contributed by atoms with Gasteiger partial charge in [0.1, 0.15) is 16.5 Å². The number of aromatic hydroxyl groups is 2. The Bertz CT molecular complexity index is 792. The second-order valence-electron chi connectivity index (χ2n) is 4.86. The minimum absolute atomic E-state index is 0.00545. The van der Waals surface area contributed by atoms with Gasteiger partial charge in [0.15, 0.2) is 0 Å². The molecule has 0 aliphatic heterocycles. The van der Waals surface area contributed by atoms with Gasteiger partial charge in [-0.25, -0.2) is 5.01 Å². The maximum Gasteiger partial charge on any atom is 0.281 e. The van der Waals surface area contributed by atoms with Crippen molar-refractivity contribution in [2.75, 3.05) is 0 Å². The van der Waals surface area contributed by atoms with Crippen LogP contribution in [-0.4, -0.2) is 32.0 Å². The quantitative estimate of drug-likeness (QED) is 0.588. The van der Waals surface area contributed by atoms with Gasteiger partial charge in [0.2, 0.25) is 0 Å². The molecule has 0 unspecified atom stereocenters. The molecule has 7 heteroatoms. The summed E-state index contributed by atoms with van der Waals surface area (Å²) in [6.45, 7) is 1.74. The van der Waals surface area contributed by atoms with Crippen LogP contribution in [-0.2, 0) is 0 Å². The van der Waals surface area contributed by atoms with Crippen LogP contribution in [0.3, 0.4) is 0 Å². The van der Waals surface area contributed by atoms with E-state index in [1.165, 1.54) is 24.3 Å². The standard InChI is InChI=1S/C17H16N2O4S/c1-2-15(24)19(17(23)12-8-4-6-10-14(12)21)18-16(22)11-7-3-5-9-13(11)20/h3-10,20-21H,2H2,1H3,(H,18,22). The maximum atomic E-state index is 12.6. The van der Waals surface area contributed by atoms with Crippen LogP contribution in [0.2, 0.25) is 0 Å². The zero-order valence-electron chi connectivity index (χ0n) is 12.9. The third-order valence-corrected chi connectivity index (χ3v) is 3.72. The molecule has 0 radical (unpaired) electrons. The van der Waals surface area contributed by atoms with Crippen molar-refractivity contribution in [2.45, 2.75) is 13.3 Å². The normalized spacial score (nSPS) is 10.0. The summed E-state index contributed by atoms with van der Waals surface area (Å²) >= 11 is 5.14. The first kappa shape index (κ1) is 17.4. The number of nitrogens with zero attached hydrogens (tertiary/aromatic N) is 1. The number of carbonyl (C=O) groups is 2. The third-order valence-electron chi connectivity index (χ3n) is 3.25. The molecule has 3 N–H and O–H groups in total. The van der Waals surface area contributed by atoms with E-state index in [9.17, 15) is 19.8 Å². The SMILES string of the molecule is CCC(=S)N(NC(=O)c1ccccc1O)C(=O)c1ccccc1O. The minimum atomic E-state index is -0.687. The largest absolute Gasteiger partial charge is 0.507 e. The Morgan fingerprint density at radius 1 is 1.00 bits per heavy atom. The predicted octanol–water partition coefficient (Wildman–Crippen LogP) is 2.62. The fourth-order valence-corrected chi connectivity index (χ4v) is 2.12. The Labute approximate surface area is 144 Å². The molecule has 6 nitrogen and oxygen atoms in total. The van der Waals surface area contributed by atoms with Gasteiger partial charge in [0.05, 0.1) is 11.1 Å². The van der Waals surface area contributed by atoms with Crippen molar-refractivity contribution in [1.82, 2.24) is 10.4 Å². The van der Waals surface area contributed by atoms with E-state index in [4.69, 9.17) is 12.2 Å². The first-order valence-corrected chi connectivity index (χ1v) is 7.60. The first-order valence-electron chi connectivity index (χ1n) is 7.20. The van der Waals surface area contributed by atoms with Gasteiger partial charge in [-0.3, -0.25) is 15.0 Å². The number of amides is 2. The summed E-state index contributed by atoms with van der Waals surface area (Å²) in [5.74, 6) is -1.79. The van der Waals surface area contributed by atoms with Gasteiger partial charge >= 0.3 is 0 Å². The number of carbonyl (C=O) groups excluding carboxylic acids is 2. The van der Waals surface area contributed by atoms with Crippen LogP contribution in [0.25, 0.3) is 0 Å². The molecule has 124 valence electrons. The second kappa shape index (κ2) is 7.56. The average Bonchev–Trinajstić information content (AvgIpc) is 2.59. The van der Waals surface area contributed by atoms with E-state index in [1.807, 2.05) is 0 Å². The number of phenolic OH excluding ortho intramolecular Hbond substituents is 2. The van der Waals surface area contributed by atoms with Crippen molar-refractivity contribution in [1.29, 1.82) is 0 Å². The van der Waals surface area contributed by atoms with Crippen LogP contribution in [0.5, 0.6) is 11.5 Å². The summed E-state index contributed by atoms with van der Waals surface area (Å²) in [7, 11) is 0. The van der Waals surface area contributed by atoms with Gasteiger partial charge in [0, 0.05) is 0 Å². The Hall–Kier alpha value is -2.93. The van der Waals surface area contributed by atoms with Gasteiger partial charge in [0.25, 0.3) is 11.8 Å². The number of hydrazine groups is 1. The maximum absolute atomic E-state index is 12.6. The third kappa shape index (κ3) is 3.69. The van der Waals surface area contributed by atoms with Gasteiger partial charge in [-0.1, -0.05) is 43.4 Å². The van der Waals surface area contributed by atoms with Crippen LogP contribution >= 0.6 is 12.2 Å². The average molecular weight is 344 g/mol. The van der Waals surface area contributed by atoms with Crippen molar-refractivity contribution < 1.29 is 19.8 Å². The highest BCUT2D eigenvalue weighted by molar-refractivity contribution is 7.80. The van der Waals surface area contributed by atoms with E-state index in [1.54, 1.807) is 31.2 Å². The molecule has 2 aromatic carbocycles. The van der Waals surface area contributed by atoms with E-state index in [0.717, 1.165) is 5.01 Å². The molecule has 0 bridgehead atoms. The van der Waals surface area contributed by atoms with Crippen molar-refractivity contribution in [2.24, 2.45) is 0 Å².